The van der Waals surface area contributed by atoms with Gasteiger partial charge in [0.25, 0.3) is 0 Å². The molecule has 0 spiro atoms. The Labute approximate surface area is 110 Å². The number of unbranched alkanes of at least 4 members (excludes halogenated alkanes) is 2. The summed E-state index contributed by atoms with van der Waals surface area (Å²) in [7, 11) is 0. The highest BCUT2D eigenvalue weighted by Gasteiger charge is 2.11. The van der Waals surface area contributed by atoms with Crippen molar-refractivity contribution in [3.8, 4) is 6.07 Å². The molecule has 1 aromatic rings. The second kappa shape index (κ2) is 6.90. The number of hydrogen-bond donors (Lipinski definition) is 1. The lowest BCUT2D eigenvalue weighted by atomic mass is 10.1. The highest BCUT2D eigenvalue weighted by atomic mass is 15.1. The molecule has 0 amide bonds. The normalized spacial score (nSPS) is 10.4. The summed E-state index contributed by atoms with van der Waals surface area (Å²) < 4.78 is 0. The first-order valence-electron chi connectivity index (χ1n) is 6.66. The van der Waals surface area contributed by atoms with Gasteiger partial charge in [0.1, 0.15) is 6.07 Å². The van der Waals surface area contributed by atoms with Gasteiger partial charge in [0.05, 0.1) is 5.56 Å². The van der Waals surface area contributed by atoms with E-state index in [0.717, 1.165) is 12.2 Å². The van der Waals surface area contributed by atoms with E-state index >= 15 is 0 Å². The average Bonchev–Trinajstić information content (AvgIpc) is 2.35. The van der Waals surface area contributed by atoms with Crippen LogP contribution in [-0.2, 0) is 0 Å². The summed E-state index contributed by atoms with van der Waals surface area (Å²) in [6.07, 6.45) is 3.64. The van der Waals surface area contributed by atoms with Gasteiger partial charge >= 0.3 is 0 Å². The summed E-state index contributed by atoms with van der Waals surface area (Å²) in [6, 6.07) is 8.29. The minimum Gasteiger partial charge on any atom is -0.398 e. The first-order chi connectivity index (χ1) is 8.60. The van der Waals surface area contributed by atoms with Gasteiger partial charge in [-0.25, -0.2) is 0 Å². The fraction of sp³-hybridized carbons (Fsp3) is 0.533. The standard InChI is InChI=1S/C15H23N3/c1-4-5-6-9-18(12(2)3)14-7-8-15(17)13(10-14)11-16/h7-8,10,12H,4-6,9,17H2,1-3H3. The second-order valence-corrected chi connectivity index (χ2v) is 4.88. The molecule has 0 bridgehead atoms. The van der Waals surface area contributed by atoms with Crippen molar-refractivity contribution in [3.63, 3.8) is 0 Å². The Morgan fingerprint density at radius 1 is 1.33 bits per heavy atom. The molecule has 0 aliphatic heterocycles. The zero-order valence-corrected chi connectivity index (χ0v) is 11.6. The van der Waals surface area contributed by atoms with Crippen LogP contribution in [0.4, 0.5) is 11.4 Å². The number of nitrogens with zero attached hydrogens (tertiary/aromatic N) is 2. The molecule has 0 heterocycles. The van der Waals surface area contributed by atoms with Crippen LogP contribution in [0.25, 0.3) is 0 Å². The number of benzene rings is 1. The Kier molecular flexibility index (Phi) is 5.51. The minimum absolute atomic E-state index is 0.428. The molecule has 0 unspecified atom stereocenters. The lowest BCUT2D eigenvalue weighted by Gasteiger charge is -2.29. The van der Waals surface area contributed by atoms with E-state index in [4.69, 9.17) is 11.0 Å². The molecule has 3 nitrogen and oxygen atoms in total. The maximum atomic E-state index is 9.03. The summed E-state index contributed by atoms with van der Waals surface area (Å²) >= 11 is 0. The monoisotopic (exact) mass is 245 g/mol. The van der Waals surface area contributed by atoms with Gasteiger partial charge < -0.3 is 10.6 Å². The summed E-state index contributed by atoms with van der Waals surface area (Å²) in [4.78, 5) is 2.33. The highest BCUT2D eigenvalue weighted by Crippen LogP contribution is 2.23. The van der Waals surface area contributed by atoms with E-state index in [1.165, 1.54) is 19.3 Å². The molecular weight excluding hydrogens is 222 g/mol. The van der Waals surface area contributed by atoms with Crippen LogP contribution in [0.1, 0.15) is 45.6 Å². The van der Waals surface area contributed by atoms with E-state index in [2.05, 4.69) is 31.7 Å². The van der Waals surface area contributed by atoms with E-state index in [9.17, 15) is 0 Å². The number of nitrogen functional groups attached to an aromatic ring is 1. The molecule has 2 N–H and O–H groups in total. The molecule has 98 valence electrons. The number of anilines is 2. The Balaban J connectivity index is 2.89. The third-order valence-electron chi connectivity index (χ3n) is 3.11. The van der Waals surface area contributed by atoms with Crippen LogP contribution in [0.15, 0.2) is 18.2 Å². The first-order valence-corrected chi connectivity index (χ1v) is 6.66. The summed E-state index contributed by atoms with van der Waals surface area (Å²) in [5, 5.41) is 9.03. The van der Waals surface area contributed by atoms with Crippen LogP contribution < -0.4 is 10.6 Å². The molecule has 0 saturated carbocycles. The van der Waals surface area contributed by atoms with Crippen LogP contribution >= 0.6 is 0 Å². The van der Waals surface area contributed by atoms with Gasteiger partial charge in [-0.05, 0) is 38.5 Å². The van der Waals surface area contributed by atoms with Crippen LogP contribution in [0.2, 0.25) is 0 Å². The highest BCUT2D eigenvalue weighted by molar-refractivity contribution is 5.63. The van der Waals surface area contributed by atoms with Crippen molar-refractivity contribution in [3.05, 3.63) is 23.8 Å². The van der Waals surface area contributed by atoms with Gasteiger partial charge in [0.15, 0.2) is 0 Å². The van der Waals surface area contributed by atoms with E-state index in [-0.39, 0.29) is 0 Å². The molecule has 3 heteroatoms. The van der Waals surface area contributed by atoms with Crippen LogP contribution in [0, 0.1) is 11.3 Å². The molecule has 1 rings (SSSR count). The molecule has 0 atom stereocenters. The van der Waals surface area contributed by atoms with Gasteiger partial charge in [0.2, 0.25) is 0 Å². The van der Waals surface area contributed by atoms with E-state index in [0.29, 0.717) is 17.3 Å². The predicted octanol–water partition coefficient (Wildman–Crippen LogP) is 3.55. The minimum atomic E-state index is 0.428. The molecule has 0 saturated heterocycles. The van der Waals surface area contributed by atoms with E-state index < -0.39 is 0 Å². The second-order valence-electron chi connectivity index (χ2n) is 4.88. The molecule has 1 aromatic carbocycles. The average molecular weight is 245 g/mol. The van der Waals surface area contributed by atoms with Gasteiger partial charge in [-0.3, -0.25) is 0 Å². The molecule has 0 radical (unpaired) electrons. The Hall–Kier alpha value is -1.69. The quantitative estimate of drug-likeness (QED) is 0.616. The van der Waals surface area contributed by atoms with Crippen molar-refractivity contribution in [2.45, 2.75) is 46.1 Å². The molecule has 0 fully saturated rings. The number of hydrogen-bond acceptors (Lipinski definition) is 3. The number of rotatable bonds is 6. The van der Waals surface area contributed by atoms with Gasteiger partial charge in [0, 0.05) is 24.0 Å². The Morgan fingerprint density at radius 2 is 2.06 bits per heavy atom. The predicted molar refractivity (Wildman–Crippen MR) is 77.6 cm³/mol. The Bertz CT molecular complexity index is 418. The number of nitrogens with two attached hydrogens (primary N) is 1. The van der Waals surface area contributed by atoms with Gasteiger partial charge in [-0.1, -0.05) is 19.8 Å². The summed E-state index contributed by atoms with van der Waals surface area (Å²) in [6.45, 7) is 7.58. The van der Waals surface area contributed by atoms with Gasteiger partial charge in [-0.15, -0.1) is 0 Å². The SMILES string of the molecule is CCCCCN(c1ccc(N)c(C#N)c1)C(C)C. The maximum absolute atomic E-state index is 9.03. The third-order valence-corrected chi connectivity index (χ3v) is 3.11. The fourth-order valence-corrected chi connectivity index (χ4v) is 2.04. The lowest BCUT2D eigenvalue weighted by Crippen LogP contribution is -2.31. The smallest absolute Gasteiger partial charge is 0.101 e. The zero-order chi connectivity index (χ0) is 13.5. The molecule has 18 heavy (non-hydrogen) atoms. The van der Waals surface area contributed by atoms with Crippen molar-refractivity contribution in [1.29, 1.82) is 5.26 Å². The Morgan fingerprint density at radius 3 is 2.61 bits per heavy atom. The fourth-order valence-electron chi connectivity index (χ4n) is 2.04. The first kappa shape index (κ1) is 14.4. The number of nitriles is 1. The van der Waals surface area contributed by atoms with Crippen molar-refractivity contribution in [2.24, 2.45) is 0 Å². The summed E-state index contributed by atoms with van der Waals surface area (Å²) in [5.41, 5.74) is 7.96. The van der Waals surface area contributed by atoms with E-state index in [1.54, 1.807) is 0 Å². The van der Waals surface area contributed by atoms with Crippen LogP contribution in [0.3, 0.4) is 0 Å². The van der Waals surface area contributed by atoms with Crippen LogP contribution in [-0.4, -0.2) is 12.6 Å². The van der Waals surface area contributed by atoms with Crippen molar-refractivity contribution in [1.82, 2.24) is 0 Å². The topological polar surface area (TPSA) is 53.0 Å². The lowest BCUT2D eigenvalue weighted by molar-refractivity contribution is 0.626. The maximum Gasteiger partial charge on any atom is 0.101 e. The third kappa shape index (κ3) is 3.66. The van der Waals surface area contributed by atoms with Crippen molar-refractivity contribution in [2.75, 3.05) is 17.2 Å². The largest absolute Gasteiger partial charge is 0.398 e. The molecular formula is C15H23N3. The zero-order valence-electron chi connectivity index (χ0n) is 11.6. The van der Waals surface area contributed by atoms with Crippen molar-refractivity contribution < 1.29 is 0 Å². The van der Waals surface area contributed by atoms with E-state index in [1.807, 2.05) is 18.2 Å². The van der Waals surface area contributed by atoms with Gasteiger partial charge in [-0.2, -0.15) is 5.26 Å². The molecule has 0 aliphatic carbocycles. The van der Waals surface area contributed by atoms with Crippen LogP contribution in [0.5, 0.6) is 0 Å². The molecule has 0 aliphatic rings. The molecule has 0 aromatic heterocycles. The van der Waals surface area contributed by atoms with Crippen molar-refractivity contribution >= 4 is 11.4 Å². The summed E-state index contributed by atoms with van der Waals surface area (Å²) in [5.74, 6) is 0.